The summed E-state index contributed by atoms with van der Waals surface area (Å²) in [5.74, 6) is 0.285. The van der Waals surface area contributed by atoms with E-state index in [0.29, 0.717) is 0 Å². The van der Waals surface area contributed by atoms with Gasteiger partial charge in [0.05, 0.1) is 14.1 Å². The molecule has 1 heterocycles. The summed E-state index contributed by atoms with van der Waals surface area (Å²) < 4.78 is 1.06. The summed E-state index contributed by atoms with van der Waals surface area (Å²) in [4.78, 5) is 13.6. The van der Waals surface area contributed by atoms with Gasteiger partial charge >= 0.3 is 0 Å². The van der Waals surface area contributed by atoms with Crippen molar-refractivity contribution in [1.29, 1.82) is 0 Å². The number of rotatable bonds is 3. The van der Waals surface area contributed by atoms with Gasteiger partial charge in [0.25, 0.3) is 0 Å². The van der Waals surface area contributed by atoms with E-state index in [0.717, 1.165) is 32.6 Å². The Morgan fingerprint density at radius 2 is 1.94 bits per heavy atom. The van der Waals surface area contributed by atoms with Gasteiger partial charge in [-0.2, -0.15) is 0 Å². The van der Waals surface area contributed by atoms with Gasteiger partial charge in [-0.15, -0.1) is 11.3 Å². The van der Waals surface area contributed by atoms with Crippen LogP contribution in [0.2, 0.25) is 0 Å². The SMILES string of the molecule is Cc1cc(C(=O)C2(c3ccccc3)CC2)sc1Br. The number of benzene rings is 1. The highest BCUT2D eigenvalue weighted by Crippen LogP contribution is 2.51. The first-order valence-corrected chi connectivity index (χ1v) is 7.61. The molecule has 0 spiro atoms. The maximum Gasteiger partial charge on any atom is 0.183 e. The van der Waals surface area contributed by atoms with Gasteiger partial charge in [0.1, 0.15) is 0 Å². The van der Waals surface area contributed by atoms with E-state index in [2.05, 4.69) is 28.1 Å². The van der Waals surface area contributed by atoms with Crippen LogP contribution in [0.1, 0.15) is 33.6 Å². The van der Waals surface area contributed by atoms with Gasteiger partial charge in [-0.05, 0) is 52.9 Å². The van der Waals surface area contributed by atoms with Crippen molar-refractivity contribution in [1.82, 2.24) is 0 Å². The number of thiophene rings is 1. The van der Waals surface area contributed by atoms with Gasteiger partial charge < -0.3 is 0 Å². The second kappa shape index (κ2) is 4.32. The summed E-state index contributed by atoms with van der Waals surface area (Å²) in [6, 6.07) is 12.2. The van der Waals surface area contributed by atoms with Crippen molar-refractivity contribution in [2.45, 2.75) is 25.2 Å². The standard InChI is InChI=1S/C15H13BrOS/c1-10-9-12(18-14(10)16)13(17)15(7-8-15)11-5-3-2-4-6-11/h2-6,9H,7-8H2,1H3. The highest BCUT2D eigenvalue weighted by Gasteiger charge is 2.51. The third-order valence-corrected chi connectivity index (χ3v) is 5.73. The van der Waals surface area contributed by atoms with E-state index < -0.39 is 0 Å². The monoisotopic (exact) mass is 320 g/mol. The van der Waals surface area contributed by atoms with Crippen LogP contribution in [0.3, 0.4) is 0 Å². The Bertz CT molecular complexity index is 577. The van der Waals surface area contributed by atoms with Crippen molar-refractivity contribution in [2.24, 2.45) is 0 Å². The molecule has 92 valence electrons. The van der Waals surface area contributed by atoms with E-state index in [1.165, 1.54) is 0 Å². The normalized spacial score (nSPS) is 16.6. The molecule has 0 unspecified atom stereocenters. The molecule has 0 atom stereocenters. The van der Waals surface area contributed by atoms with E-state index in [1.807, 2.05) is 31.2 Å². The molecule has 1 nitrogen and oxygen atoms in total. The van der Waals surface area contributed by atoms with Crippen LogP contribution in [0.25, 0.3) is 0 Å². The number of carbonyl (C=O) groups is 1. The first kappa shape index (κ1) is 12.1. The molecule has 1 saturated carbocycles. The minimum Gasteiger partial charge on any atom is -0.292 e. The van der Waals surface area contributed by atoms with Crippen molar-refractivity contribution >= 4 is 33.0 Å². The van der Waals surface area contributed by atoms with Crippen LogP contribution in [0.4, 0.5) is 0 Å². The predicted octanol–water partition coefficient (Wildman–Crippen LogP) is 4.73. The first-order chi connectivity index (χ1) is 8.63. The highest BCUT2D eigenvalue weighted by molar-refractivity contribution is 9.11. The summed E-state index contributed by atoms with van der Waals surface area (Å²) in [6.07, 6.45) is 1.95. The molecule has 0 N–H and O–H groups in total. The topological polar surface area (TPSA) is 17.1 Å². The Morgan fingerprint density at radius 1 is 1.28 bits per heavy atom. The van der Waals surface area contributed by atoms with Crippen molar-refractivity contribution in [2.75, 3.05) is 0 Å². The van der Waals surface area contributed by atoms with Crippen LogP contribution >= 0.6 is 27.3 Å². The fourth-order valence-corrected chi connectivity index (χ4v) is 3.91. The molecule has 18 heavy (non-hydrogen) atoms. The van der Waals surface area contributed by atoms with E-state index in [9.17, 15) is 4.79 Å². The molecule has 0 amide bonds. The molecule has 0 saturated heterocycles. The molecular formula is C15H13BrOS. The van der Waals surface area contributed by atoms with E-state index in [1.54, 1.807) is 11.3 Å². The number of carbonyl (C=O) groups excluding carboxylic acids is 1. The number of ketones is 1. The van der Waals surface area contributed by atoms with Crippen LogP contribution < -0.4 is 0 Å². The Labute approximate surface area is 119 Å². The van der Waals surface area contributed by atoms with E-state index >= 15 is 0 Å². The molecule has 1 fully saturated rings. The summed E-state index contributed by atoms with van der Waals surface area (Å²) >= 11 is 5.05. The third-order valence-electron chi connectivity index (χ3n) is 3.59. The lowest BCUT2D eigenvalue weighted by Gasteiger charge is -2.12. The molecule has 1 aliphatic rings. The van der Waals surface area contributed by atoms with Gasteiger partial charge in [0.2, 0.25) is 0 Å². The van der Waals surface area contributed by atoms with Crippen molar-refractivity contribution in [3.05, 3.63) is 56.2 Å². The lowest BCUT2D eigenvalue weighted by Crippen LogP contribution is -2.19. The Kier molecular flexibility index (Phi) is 2.91. The average molecular weight is 321 g/mol. The van der Waals surface area contributed by atoms with Gasteiger partial charge in [0, 0.05) is 0 Å². The molecule has 0 radical (unpaired) electrons. The molecule has 0 bridgehead atoms. The van der Waals surface area contributed by atoms with Gasteiger partial charge in [-0.25, -0.2) is 0 Å². The maximum absolute atomic E-state index is 12.7. The second-order valence-electron chi connectivity index (χ2n) is 4.84. The number of Topliss-reactive ketones (excluding diaryl/α,β-unsaturated/α-hetero) is 1. The van der Waals surface area contributed by atoms with Crippen molar-refractivity contribution in [3.63, 3.8) is 0 Å². The zero-order valence-corrected chi connectivity index (χ0v) is 12.5. The third kappa shape index (κ3) is 1.86. The molecule has 1 aliphatic carbocycles. The maximum atomic E-state index is 12.7. The molecular weight excluding hydrogens is 308 g/mol. The number of hydrogen-bond acceptors (Lipinski definition) is 2. The van der Waals surface area contributed by atoms with Crippen molar-refractivity contribution in [3.8, 4) is 0 Å². The first-order valence-electron chi connectivity index (χ1n) is 6.00. The van der Waals surface area contributed by atoms with Crippen LogP contribution in [0, 0.1) is 6.92 Å². The molecule has 3 heteroatoms. The summed E-state index contributed by atoms with van der Waals surface area (Å²) in [5, 5.41) is 0. The Hall–Kier alpha value is -0.930. The molecule has 1 aromatic carbocycles. The Morgan fingerprint density at radius 3 is 2.44 bits per heavy atom. The quantitative estimate of drug-likeness (QED) is 0.747. The lowest BCUT2D eigenvalue weighted by molar-refractivity contribution is 0.0950. The van der Waals surface area contributed by atoms with E-state index in [4.69, 9.17) is 0 Å². The van der Waals surface area contributed by atoms with Gasteiger partial charge in [0.15, 0.2) is 5.78 Å². The number of halogens is 1. The fraction of sp³-hybridized carbons (Fsp3) is 0.267. The zero-order valence-electron chi connectivity index (χ0n) is 10.1. The predicted molar refractivity (Wildman–Crippen MR) is 78.4 cm³/mol. The zero-order chi connectivity index (χ0) is 12.8. The van der Waals surface area contributed by atoms with E-state index in [-0.39, 0.29) is 11.2 Å². The minimum atomic E-state index is -0.238. The fourth-order valence-electron chi connectivity index (χ4n) is 2.34. The van der Waals surface area contributed by atoms with Crippen LogP contribution in [-0.2, 0) is 5.41 Å². The summed E-state index contributed by atoms with van der Waals surface area (Å²) in [7, 11) is 0. The van der Waals surface area contributed by atoms with Gasteiger partial charge in [-0.3, -0.25) is 4.79 Å². The van der Waals surface area contributed by atoms with Crippen molar-refractivity contribution < 1.29 is 4.79 Å². The Balaban J connectivity index is 1.98. The summed E-state index contributed by atoms with van der Waals surface area (Å²) in [5.41, 5.74) is 2.07. The highest BCUT2D eigenvalue weighted by atomic mass is 79.9. The second-order valence-corrected chi connectivity index (χ2v) is 7.21. The van der Waals surface area contributed by atoms with Crippen LogP contribution in [-0.4, -0.2) is 5.78 Å². The number of aryl methyl sites for hydroxylation is 1. The molecule has 1 aromatic heterocycles. The summed E-state index contributed by atoms with van der Waals surface area (Å²) in [6.45, 7) is 2.03. The molecule has 3 rings (SSSR count). The van der Waals surface area contributed by atoms with Crippen LogP contribution in [0.15, 0.2) is 40.2 Å². The number of hydrogen-bond donors (Lipinski definition) is 0. The molecule has 2 aromatic rings. The largest absolute Gasteiger partial charge is 0.292 e. The average Bonchev–Trinajstić information content (AvgIpc) is 3.13. The molecule has 0 aliphatic heterocycles. The van der Waals surface area contributed by atoms with Crippen LogP contribution in [0.5, 0.6) is 0 Å². The van der Waals surface area contributed by atoms with Gasteiger partial charge in [-0.1, -0.05) is 30.3 Å². The smallest absolute Gasteiger partial charge is 0.183 e. The lowest BCUT2D eigenvalue weighted by atomic mass is 9.90. The minimum absolute atomic E-state index is 0.238.